The van der Waals surface area contributed by atoms with Crippen molar-refractivity contribution >= 4 is 36.5 Å². The highest BCUT2D eigenvalue weighted by atomic mass is 35.5. The van der Waals surface area contributed by atoms with Gasteiger partial charge in [-0.1, -0.05) is 45.0 Å². The van der Waals surface area contributed by atoms with Crippen LogP contribution in [0.15, 0.2) is 24.3 Å². The third kappa shape index (κ3) is 3.88. The lowest BCUT2D eigenvalue weighted by Gasteiger charge is -2.19. The summed E-state index contributed by atoms with van der Waals surface area (Å²) in [6, 6.07) is 9.11. The van der Waals surface area contributed by atoms with E-state index in [9.17, 15) is 0 Å². The largest absolute Gasteiger partial charge is 0.404 e. The average molecular weight is 209 g/mol. The lowest BCUT2D eigenvalue weighted by atomic mass is 9.87. The molecule has 0 radical (unpaired) electrons. The summed E-state index contributed by atoms with van der Waals surface area (Å²) in [5.41, 5.74) is 1.74. The first kappa shape index (κ1) is 13.3. The summed E-state index contributed by atoms with van der Waals surface area (Å²) < 4.78 is 1.56. The summed E-state index contributed by atoms with van der Waals surface area (Å²) in [6.45, 7) is 6.77. The maximum Gasteiger partial charge on any atom is 0.404 e. The van der Waals surface area contributed by atoms with Gasteiger partial charge < -0.3 is 0 Å². The summed E-state index contributed by atoms with van der Waals surface area (Å²) in [4.78, 5) is 0. The first-order chi connectivity index (χ1) is 5.54. The SMILES string of the molecule is Cl.[CH3][Mg][c]1ccc(C(C)(C)C)cc1. The quantitative estimate of drug-likeness (QED) is 0.623. The molecule has 1 rings (SSSR count). The summed E-state index contributed by atoms with van der Waals surface area (Å²) in [7, 11) is 0. The summed E-state index contributed by atoms with van der Waals surface area (Å²) >= 11 is 0.0315. The fourth-order valence-corrected chi connectivity index (χ4v) is 1.95. The highest BCUT2D eigenvalue weighted by Gasteiger charge is 2.12. The molecular weight excluding hydrogens is 192 g/mol. The van der Waals surface area contributed by atoms with Crippen molar-refractivity contribution in [2.75, 3.05) is 0 Å². The van der Waals surface area contributed by atoms with Crippen LogP contribution in [0.4, 0.5) is 0 Å². The van der Waals surface area contributed by atoms with E-state index in [4.69, 9.17) is 0 Å². The monoisotopic (exact) mass is 208 g/mol. The maximum atomic E-state index is 2.33. The summed E-state index contributed by atoms with van der Waals surface area (Å²) in [6.07, 6.45) is 0. The summed E-state index contributed by atoms with van der Waals surface area (Å²) in [5.74, 6) is 0. The van der Waals surface area contributed by atoms with E-state index in [0.29, 0.717) is 5.41 Å². The van der Waals surface area contributed by atoms with E-state index in [0.717, 1.165) is 0 Å². The minimum atomic E-state index is 0. The summed E-state index contributed by atoms with van der Waals surface area (Å²) in [5, 5.41) is 2.33. The van der Waals surface area contributed by atoms with Crippen LogP contribution in [0, 0.1) is 0 Å². The number of halogens is 1. The third-order valence-corrected chi connectivity index (χ3v) is 3.52. The molecule has 0 aromatic heterocycles. The van der Waals surface area contributed by atoms with E-state index >= 15 is 0 Å². The molecule has 0 aliphatic heterocycles. The van der Waals surface area contributed by atoms with Crippen molar-refractivity contribution in [3.05, 3.63) is 29.8 Å². The molecule has 0 fully saturated rings. The molecule has 1 aromatic rings. The number of hydrogen-bond donors (Lipinski definition) is 0. The van der Waals surface area contributed by atoms with Gasteiger partial charge in [0.1, 0.15) is 0 Å². The second kappa shape index (κ2) is 5.23. The Morgan fingerprint density at radius 1 is 1.00 bits per heavy atom. The average Bonchev–Trinajstić information content (AvgIpc) is 2.03. The third-order valence-electron chi connectivity index (χ3n) is 2.23. The van der Waals surface area contributed by atoms with Gasteiger partial charge >= 0.3 is 20.4 Å². The topological polar surface area (TPSA) is 0 Å². The Morgan fingerprint density at radius 2 is 1.46 bits per heavy atom. The first-order valence-electron chi connectivity index (χ1n) is 4.63. The molecule has 13 heavy (non-hydrogen) atoms. The Hall–Kier alpha value is 0.276. The number of benzene rings is 1. The Labute approximate surface area is 97.2 Å². The van der Waals surface area contributed by atoms with Crippen LogP contribution in [0.25, 0.3) is 0 Å². The minimum absolute atomic E-state index is 0. The molecule has 0 N–H and O–H groups in total. The zero-order valence-electron chi connectivity index (χ0n) is 8.92. The zero-order chi connectivity index (χ0) is 9.19. The fraction of sp³-hybridized carbons (Fsp3) is 0.455. The molecule has 0 unspecified atom stereocenters. The molecule has 1 aromatic carbocycles. The van der Waals surface area contributed by atoms with E-state index in [2.05, 4.69) is 50.1 Å². The molecule has 0 heterocycles. The van der Waals surface area contributed by atoms with Crippen molar-refractivity contribution in [1.29, 1.82) is 0 Å². The van der Waals surface area contributed by atoms with Crippen molar-refractivity contribution < 1.29 is 0 Å². The fourth-order valence-electron chi connectivity index (χ4n) is 1.24. The maximum absolute atomic E-state index is 2.33. The Kier molecular flexibility index (Phi) is 5.34. The van der Waals surface area contributed by atoms with Crippen molar-refractivity contribution in [3.8, 4) is 0 Å². The lowest BCUT2D eigenvalue weighted by molar-refractivity contribution is 0.590. The van der Waals surface area contributed by atoms with Crippen molar-refractivity contribution in [1.82, 2.24) is 0 Å². The van der Waals surface area contributed by atoms with Crippen LogP contribution in [0.2, 0.25) is 5.05 Å². The molecule has 70 valence electrons. The van der Waals surface area contributed by atoms with Crippen LogP contribution >= 0.6 is 12.4 Å². The zero-order valence-corrected chi connectivity index (χ0v) is 11.2. The van der Waals surface area contributed by atoms with E-state index < -0.39 is 0 Å². The predicted octanol–water partition coefficient (Wildman–Crippen LogP) is 2.78. The molecule has 0 atom stereocenters. The van der Waals surface area contributed by atoms with Crippen LogP contribution in [0.3, 0.4) is 0 Å². The molecule has 0 spiro atoms. The molecule has 0 bridgehead atoms. The van der Waals surface area contributed by atoms with Gasteiger partial charge in [-0.15, -0.1) is 17.5 Å². The molecule has 0 aliphatic carbocycles. The van der Waals surface area contributed by atoms with Crippen LogP contribution in [0.5, 0.6) is 0 Å². The van der Waals surface area contributed by atoms with Crippen LogP contribution in [0.1, 0.15) is 26.3 Å². The van der Waals surface area contributed by atoms with Gasteiger partial charge in [-0.05, 0) is 11.0 Å². The van der Waals surface area contributed by atoms with Crippen molar-refractivity contribution in [2.45, 2.75) is 31.2 Å². The van der Waals surface area contributed by atoms with Crippen LogP contribution < -0.4 is 3.69 Å². The van der Waals surface area contributed by atoms with Gasteiger partial charge in [0.25, 0.3) is 0 Å². The molecule has 0 saturated heterocycles. The second-order valence-corrected chi connectivity index (χ2v) is 5.82. The smallest absolute Gasteiger partial charge is 0.174 e. The lowest BCUT2D eigenvalue weighted by Crippen LogP contribution is -2.15. The van der Waals surface area contributed by atoms with E-state index in [1.165, 1.54) is 5.56 Å². The van der Waals surface area contributed by atoms with Crippen molar-refractivity contribution in [2.24, 2.45) is 0 Å². The Bertz CT molecular complexity index is 246. The first-order valence-corrected chi connectivity index (χ1v) is 6.75. The molecule has 0 amide bonds. The van der Waals surface area contributed by atoms with Crippen LogP contribution in [-0.4, -0.2) is 20.4 Å². The van der Waals surface area contributed by atoms with E-state index in [1.807, 2.05) is 0 Å². The molecule has 2 heteroatoms. The van der Waals surface area contributed by atoms with Gasteiger partial charge in [0.15, 0.2) is 0 Å². The van der Waals surface area contributed by atoms with Gasteiger partial charge in [0, 0.05) is 0 Å². The van der Waals surface area contributed by atoms with E-state index in [1.54, 1.807) is 3.69 Å². The molecular formula is C11H17ClMg. The highest BCUT2D eigenvalue weighted by Crippen LogP contribution is 2.20. The molecule has 0 nitrogen and oxygen atoms in total. The Morgan fingerprint density at radius 3 is 1.77 bits per heavy atom. The second-order valence-electron chi connectivity index (χ2n) is 4.30. The highest BCUT2D eigenvalue weighted by molar-refractivity contribution is 6.51. The normalized spacial score (nSPS) is 10.2. The molecule has 0 saturated carbocycles. The van der Waals surface area contributed by atoms with Crippen molar-refractivity contribution in [3.63, 3.8) is 0 Å². The number of rotatable bonds is 1. The molecule has 0 aliphatic rings. The van der Waals surface area contributed by atoms with Gasteiger partial charge in [0.05, 0.1) is 0 Å². The Balaban J connectivity index is 0.00000144. The standard InChI is InChI=1S/C10H13.CH3.ClH.Mg/c1-10(2,3)9-7-5-4-6-8-9;;;/h5-8H,1-3H3;1H3;1H;. The predicted molar refractivity (Wildman–Crippen MR) is 63.6 cm³/mol. The van der Waals surface area contributed by atoms with Gasteiger partial charge in [-0.25, -0.2) is 0 Å². The number of hydrogen-bond acceptors (Lipinski definition) is 0. The van der Waals surface area contributed by atoms with E-state index in [-0.39, 0.29) is 32.8 Å². The van der Waals surface area contributed by atoms with Gasteiger partial charge in [-0.3, -0.25) is 0 Å². The van der Waals surface area contributed by atoms with Gasteiger partial charge in [-0.2, -0.15) is 3.69 Å². The van der Waals surface area contributed by atoms with Crippen LogP contribution in [-0.2, 0) is 5.41 Å². The minimum Gasteiger partial charge on any atom is -0.174 e. The van der Waals surface area contributed by atoms with Gasteiger partial charge in [0.2, 0.25) is 0 Å².